The number of fused-ring (bicyclic) bond motifs is 2. The quantitative estimate of drug-likeness (QED) is 0.601. The standard InChI is InChI=1S/C23H31N5O4S/c24-10-2-3-16-8-9-20(14-25-16)33(30,31)28-18-4-1-5-19(28)12-17(11-18)26-23(29)21-13-22(32-27-21)15-6-7-15/h8-9,13-15,17-19H,1-7,10-12,24H2,(H,26,29). The molecule has 5 rings (SSSR count). The molecule has 2 atom stereocenters. The van der Waals surface area contributed by atoms with Gasteiger partial charge in [-0.2, -0.15) is 4.31 Å². The number of nitrogens with zero attached hydrogens (tertiary/aromatic N) is 3. The molecule has 3 fully saturated rings. The topological polar surface area (TPSA) is 131 Å². The third-order valence-corrected chi connectivity index (χ3v) is 8.98. The number of nitrogens with two attached hydrogens (primary N) is 1. The molecule has 2 saturated heterocycles. The normalized spacial score (nSPS) is 25.7. The predicted octanol–water partition coefficient (Wildman–Crippen LogP) is 2.34. The van der Waals surface area contributed by atoms with Gasteiger partial charge in [0.15, 0.2) is 5.69 Å². The molecule has 2 aromatic heterocycles. The van der Waals surface area contributed by atoms with Gasteiger partial charge in [0.25, 0.3) is 5.91 Å². The smallest absolute Gasteiger partial charge is 0.273 e. The summed E-state index contributed by atoms with van der Waals surface area (Å²) in [6, 6.07) is 4.81. The van der Waals surface area contributed by atoms with Crippen molar-refractivity contribution in [2.24, 2.45) is 5.73 Å². The van der Waals surface area contributed by atoms with Gasteiger partial charge < -0.3 is 15.6 Å². The van der Waals surface area contributed by atoms with Crippen molar-refractivity contribution >= 4 is 15.9 Å². The van der Waals surface area contributed by atoms with Crippen LogP contribution < -0.4 is 11.1 Å². The number of piperidine rings is 2. The Kier molecular flexibility index (Phi) is 6.24. The van der Waals surface area contributed by atoms with Crippen molar-refractivity contribution in [3.63, 3.8) is 0 Å². The number of nitrogens with one attached hydrogen (secondary N) is 1. The van der Waals surface area contributed by atoms with E-state index in [0.717, 1.165) is 56.4 Å². The zero-order valence-corrected chi connectivity index (χ0v) is 19.5. The minimum absolute atomic E-state index is 0.0860. The van der Waals surface area contributed by atoms with Gasteiger partial charge >= 0.3 is 0 Å². The summed E-state index contributed by atoms with van der Waals surface area (Å²) in [6.45, 7) is 0.578. The van der Waals surface area contributed by atoms with Crippen molar-refractivity contribution in [1.29, 1.82) is 0 Å². The van der Waals surface area contributed by atoms with Crippen LogP contribution in [0.3, 0.4) is 0 Å². The molecule has 3 aliphatic rings. The van der Waals surface area contributed by atoms with Crippen molar-refractivity contribution in [3.05, 3.63) is 41.5 Å². The molecule has 2 aliphatic heterocycles. The third kappa shape index (κ3) is 4.69. The number of pyridine rings is 1. The summed E-state index contributed by atoms with van der Waals surface area (Å²) in [5.74, 6) is 0.930. The largest absolute Gasteiger partial charge is 0.360 e. The fourth-order valence-electron chi connectivity index (χ4n) is 5.18. The molecule has 10 heteroatoms. The zero-order chi connectivity index (χ0) is 23.0. The fraction of sp³-hybridized carbons (Fsp3) is 0.609. The summed E-state index contributed by atoms with van der Waals surface area (Å²) in [5, 5.41) is 7.00. The lowest BCUT2D eigenvalue weighted by molar-refractivity contribution is 0.0790. The van der Waals surface area contributed by atoms with Gasteiger partial charge in [0.1, 0.15) is 10.7 Å². The summed E-state index contributed by atoms with van der Waals surface area (Å²) >= 11 is 0. The fourth-order valence-corrected chi connectivity index (χ4v) is 7.02. The first-order valence-electron chi connectivity index (χ1n) is 11.9. The Labute approximate surface area is 194 Å². The predicted molar refractivity (Wildman–Crippen MR) is 121 cm³/mol. The number of carbonyl (C=O) groups is 1. The first-order chi connectivity index (χ1) is 16.0. The minimum Gasteiger partial charge on any atom is -0.360 e. The number of aryl methyl sites for hydroxylation is 1. The molecular weight excluding hydrogens is 442 g/mol. The number of carbonyl (C=O) groups excluding carboxylic acids is 1. The average molecular weight is 474 g/mol. The van der Waals surface area contributed by atoms with E-state index in [-0.39, 0.29) is 28.9 Å². The highest BCUT2D eigenvalue weighted by Gasteiger charge is 2.45. The minimum atomic E-state index is -3.66. The van der Waals surface area contributed by atoms with Crippen LogP contribution in [0.15, 0.2) is 33.8 Å². The second-order valence-corrected chi connectivity index (χ2v) is 11.3. The van der Waals surface area contributed by atoms with Crippen molar-refractivity contribution in [1.82, 2.24) is 19.8 Å². The van der Waals surface area contributed by atoms with Crippen LogP contribution in [-0.2, 0) is 16.4 Å². The van der Waals surface area contributed by atoms with Gasteiger partial charge in [0.2, 0.25) is 10.0 Å². The first kappa shape index (κ1) is 22.5. The lowest BCUT2D eigenvalue weighted by Crippen LogP contribution is -2.58. The zero-order valence-electron chi connectivity index (χ0n) is 18.7. The summed E-state index contributed by atoms with van der Waals surface area (Å²) < 4.78 is 34.0. The summed E-state index contributed by atoms with van der Waals surface area (Å²) in [7, 11) is -3.66. The van der Waals surface area contributed by atoms with E-state index in [2.05, 4.69) is 15.5 Å². The van der Waals surface area contributed by atoms with Gasteiger partial charge in [-0.15, -0.1) is 0 Å². The Balaban J connectivity index is 1.27. The number of amides is 1. The molecule has 1 amide bonds. The van der Waals surface area contributed by atoms with E-state index in [9.17, 15) is 13.2 Å². The van der Waals surface area contributed by atoms with Crippen LogP contribution in [0.25, 0.3) is 0 Å². The van der Waals surface area contributed by atoms with E-state index < -0.39 is 10.0 Å². The number of sulfonamides is 1. The molecular formula is C23H31N5O4S. The number of rotatable bonds is 8. The number of aromatic nitrogens is 2. The van der Waals surface area contributed by atoms with E-state index >= 15 is 0 Å². The van der Waals surface area contributed by atoms with Crippen LogP contribution in [0.1, 0.15) is 79.2 Å². The Bertz CT molecular complexity index is 1080. The molecule has 0 aromatic carbocycles. The van der Waals surface area contributed by atoms with E-state index in [0.29, 0.717) is 31.0 Å². The van der Waals surface area contributed by atoms with Gasteiger partial charge in [-0.1, -0.05) is 11.6 Å². The van der Waals surface area contributed by atoms with Crippen molar-refractivity contribution in [2.75, 3.05) is 6.54 Å². The maximum atomic E-state index is 13.5. The lowest BCUT2D eigenvalue weighted by atomic mass is 9.84. The Hall–Kier alpha value is -2.30. The third-order valence-electron chi connectivity index (χ3n) is 6.99. The molecule has 33 heavy (non-hydrogen) atoms. The van der Waals surface area contributed by atoms with Gasteiger partial charge in [0, 0.05) is 42.0 Å². The molecule has 0 radical (unpaired) electrons. The van der Waals surface area contributed by atoms with Gasteiger partial charge in [-0.3, -0.25) is 9.78 Å². The SMILES string of the molecule is NCCCc1ccc(S(=O)(=O)N2C3CCCC2CC(NC(=O)c2cc(C4CC4)on2)C3)cn1. The van der Waals surface area contributed by atoms with Crippen LogP contribution in [-0.4, -0.2) is 53.4 Å². The van der Waals surface area contributed by atoms with Crippen LogP contribution in [0.5, 0.6) is 0 Å². The molecule has 178 valence electrons. The van der Waals surface area contributed by atoms with E-state index in [1.807, 2.05) is 0 Å². The first-order valence-corrected chi connectivity index (χ1v) is 13.4. The van der Waals surface area contributed by atoms with Crippen LogP contribution in [0.4, 0.5) is 0 Å². The van der Waals surface area contributed by atoms with Gasteiger partial charge in [0.05, 0.1) is 0 Å². The second kappa shape index (κ2) is 9.15. The van der Waals surface area contributed by atoms with Crippen LogP contribution in [0, 0.1) is 0 Å². The van der Waals surface area contributed by atoms with E-state index in [1.54, 1.807) is 22.5 Å². The molecule has 1 aliphatic carbocycles. The Morgan fingerprint density at radius 2 is 1.94 bits per heavy atom. The number of hydrogen-bond donors (Lipinski definition) is 2. The van der Waals surface area contributed by atoms with Crippen LogP contribution >= 0.6 is 0 Å². The molecule has 9 nitrogen and oxygen atoms in total. The molecule has 4 heterocycles. The van der Waals surface area contributed by atoms with Crippen molar-refractivity contribution in [2.45, 2.75) is 86.7 Å². The summed E-state index contributed by atoms with van der Waals surface area (Å²) in [5.41, 5.74) is 6.70. The van der Waals surface area contributed by atoms with Gasteiger partial charge in [-0.05, 0) is 70.0 Å². The maximum Gasteiger partial charge on any atom is 0.273 e. The molecule has 3 N–H and O–H groups in total. The second-order valence-electron chi connectivity index (χ2n) is 9.48. The highest BCUT2D eigenvalue weighted by atomic mass is 32.2. The Morgan fingerprint density at radius 1 is 1.18 bits per heavy atom. The monoisotopic (exact) mass is 473 g/mol. The highest BCUT2D eigenvalue weighted by Crippen LogP contribution is 2.40. The van der Waals surface area contributed by atoms with E-state index in [1.165, 1.54) is 6.20 Å². The summed E-state index contributed by atoms with van der Waals surface area (Å²) in [6.07, 6.45) is 8.95. The number of hydrogen-bond acceptors (Lipinski definition) is 7. The van der Waals surface area contributed by atoms with Crippen LogP contribution in [0.2, 0.25) is 0 Å². The Morgan fingerprint density at radius 3 is 2.58 bits per heavy atom. The average Bonchev–Trinajstić information content (AvgIpc) is 3.53. The summed E-state index contributed by atoms with van der Waals surface area (Å²) in [4.78, 5) is 17.3. The lowest BCUT2D eigenvalue weighted by Gasteiger charge is -2.47. The molecule has 2 aromatic rings. The van der Waals surface area contributed by atoms with Gasteiger partial charge in [-0.25, -0.2) is 8.42 Å². The molecule has 2 bridgehead atoms. The molecule has 0 spiro atoms. The van der Waals surface area contributed by atoms with Crippen molar-refractivity contribution < 1.29 is 17.7 Å². The molecule has 1 saturated carbocycles. The van der Waals surface area contributed by atoms with Crippen molar-refractivity contribution in [3.8, 4) is 0 Å². The van der Waals surface area contributed by atoms with E-state index in [4.69, 9.17) is 10.3 Å². The molecule has 2 unspecified atom stereocenters. The highest BCUT2D eigenvalue weighted by molar-refractivity contribution is 7.89. The maximum absolute atomic E-state index is 13.5.